The van der Waals surface area contributed by atoms with Gasteiger partial charge in [-0.1, -0.05) is 6.07 Å². The first kappa shape index (κ1) is 22.7. The highest BCUT2D eigenvalue weighted by molar-refractivity contribution is 7.09. The zero-order valence-electron chi connectivity index (χ0n) is 17.4. The summed E-state index contributed by atoms with van der Waals surface area (Å²) in [6.07, 6.45) is 0. The number of amides is 3. The van der Waals surface area contributed by atoms with Gasteiger partial charge >= 0.3 is 6.03 Å². The van der Waals surface area contributed by atoms with Crippen molar-refractivity contribution in [1.29, 1.82) is 0 Å². The van der Waals surface area contributed by atoms with E-state index in [1.807, 2.05) is 56.5 Å². The summed E-state index contributed by atoms with van der Waals surface area (Å²) in [5, 5.41) is 7.04. The highest BCUT2D eigenvalue weighted by Crippen LogP contribution is 2.29. The quantitative estimate of drug-likeness (QED) is 0.549. The van der Waals surface area contributed by atoms with Gasteiger partial charge in [-0.3, -0.25) is 10.1 Å². The molecule has 1 unspecified atom stereocenters. The Morgan fingerprint density at radius 3 is 2.62 bits per heavy atom. The normalized spacial score (nSPS) is 11.8. The second-order valence-corrected chi connectivity index (χ2v) is 8.02. The topological polar surface area (TPSA) is 81.1 Å². The molecule has 2 rings (SSSR count). The molecule has 158 valence electrons. The van der Waals surface area contributed by atoms with Crippen molar-refractivity contribution in [2.45, 2.75) is 40.0 Å². The minimum atomic E-state index is -0.464. The van der Waals surface area contributed by atoms with E-state index in [9.17, 15) is 9.59 Å². The first-order valence-corrected chi connectivity index (χ1v) is 10.5. The number of carbonyl (C=O) groups is 2. The van der Waals surface area contributed by atoms with Gasteiger partial charge in [-0.25, -0.2) is 4.79 Å². The van der Waals surface area contributed by atoms with E-state index in [-0.39, 0.29) is 18.5 Å². The number of benzene rings is 1. The van der Waals surface area contributed by atoms with Gasteiger partial charge in [0.15, 0.2) is 18.0 Å². The van der Waals surface area contributed by atoms with Crippen molar-refractivity contribution in [2.75, 3.05) is 20.2 Å². The number of nitrogens with one attached hydrogen (secondary N) is 3. The van der Waals surface area contributed by atoms with Crippen molar-refractivity contribution in [3.63, 3.8) is 0 Å². The Morgan fingerprint density at radius 1 is 1.21 bits per heavy atom. The van der Waals surface area contributed by atoms with Crippen molar-refractivity contribution in [1.82, 2.24) is 10.6 Å². The van der Waals surface area contributed by atoms with Crippen LogP contribution in [0.2, 0.25) is 0 Å². The van der Waals surface area contributed by atoms with E-state index >= 15 is 0 Å². The lowest BCUT2D eigenvalue weighted by Crippen LogP contribution is -3.11. The molecular weight excluding hydrogens is 390 g/mol. The molecule has 2 aromatic rings. The average molecular weight is 421 g/mol. The molecule has 0 aliphatic carbocycles. The Morgan fingerprint density at radius 2 is 2.00 bits per heavy atom. The van der Waals surface area contributed by atoms with E-state index < -0.39 is 6.03 Å². The monoisotopic (exact) mass is 420 g/mol. The Labute approximate surface area is 176 Å². The van der Waals surface area contributed by atoms with Gasteiger partial charge in [0.05, 0.1) is 13.7 Å². The molecule has 7 nitrogen and oxygen atoms in total. The molecule has 1 aromatic carbocycles. The molecule has 0 radical (unpaired) electrons. The number of imide groups is 1. The van der Waals surface area contributed by atoms with E-state index in [0.29, 0.717) is 24.7 Å². The van der Waals surface area contributed by atoms with Crippen molar-refractivity contribution in [3.8, 4) is 11.5 Å². The first-order valence-electron chi connectivity index (χ1n) is 9.67. The van der Waals surface area contributed by atoms with E-state index in [0.717, 1.165) is 21.9 Å². The van der Waals surface area contributed by atoms with Gasteiger partial charge in [0.25, 0.3) is 5.91 Å². The predicted molar refractivity (Wildman–Crippen MR) is 114 cm³/mol. The smallest absolute Gasteiger partial charge is 0.321 e. The lowest BCUT2D eigenvalue weighted by Gasteiger charge is -2.18. The van der Waals surface area contributed by atoms with E-state index in [1.54, 1.807) is 18.4 Å². The van der Waals surface area contributed by atoms with Crippen molar-refractivity contribution in [2.24, 2.45) is 0 Å². The van der Waals surface area contributed by atoms with Crippen LogP contribution in [0.15, 0.2) is 35.7 Å². The van der Waals surface area contributed by atoms with Gasteiger partial charge < -0.3 is 19.7 Å². The van der Waals surface area contributed by atoms with E-state index in [2.05, 4.69) is 10.6 Å². The Balaban J connectivity index is 1.94. The van der Waals surface area contributed by atoms with Crippen LogP contribution in [0.25, 0.3) is 0 Å². The van der Waals surface area contributed by atoms with Crippen LogP contribution in [0.1, 0.15) is 31.2 Å². The Kier molecular flexibility index (Phi) is 8.95. The maximum atomic E-state index is 12.1. The number of thiophene rings is 1. The summed E-state index contributed by atoms with van der Waals surface area (Å²) in [5.41, 5.74) is 1.03. The van der Waals surface area contributed by atoms with Gasteiger partial charge in [-0.2, -0.15) is 0 Å². The number of likely N-dealkylation sites (N-methyl/N-ethyl adjacent to an activating group) is 1. The van der Waals surface area contributed by atoms with Crippen LogP contribution in [0, 0.1) is 0 Å². The molecule has 3 amide bonds. The number of carbonyl (C=O) groups excluding carboxylic acids is 2. The molecule has 0 aliphatic rings. The SMILES string of the molecule is CC[NH+](CC(=O)NC(=O)NC(C)C)Cc1ccc(OCc2cccs2)c(OC)c1. The van der Waals surface area contributed by atoms with Crippen LogP contribution in [0.3, 0.4) is 0 Å². The largest absolute Gasteiger partial charge is 0.493 e. The van der Waals surface area contributed by atoms with Crippen LogP contribution >= 0.6 is 11.3 Å². The molecule has 0 bridgehead atoms. The van der Waals surface area contributed by atoms with Crippen LogP contribution in [0.4, 0.5) is 4.79 Å². The predicted octanol–water partition coefficient (Wildman–Crippen LogP) is 1.97. The third-order valence-corrected chi connectivity index (χ3v) is 5.07. The van der Waals surface area contributed by atoms with Gasteiger partial charge in [0.1, 0.15) is 13.2 Å². The molecule has 0 saturated carbocycles. The third kappa shape index (κ3) is 7.75. The highest BCUT2D eigenvalue weighted by Gasteiger charge is 2.17. The molecular formula is C21H30N3O4S+. The summed E-state index contributed by atoms with van der Waals surface area (Å²) in [4.78, 5) is 26.0. The molecule has 0 saturated heterocycles. The molecule has 1 aromatic heterocycles. The van der Waals surface area contributed by atoms with Gasteiger partial charge in [0.2, 0.25) is 0 Å². The minimum Gasteiger partial charge on any atom is -0.493 e. The number of quaternary nitrogens is 1. The number of rotatable bonds is 10. The van der Waals surface area contributed by atoms with Gasteiger partial charge in [-0.15, -0.1) is 11.3 Å². The van der Waals surface area contributed by atoms with Crippen molar-refractivity contribution < 1.29 is 24.0 Å². The van der Waals surface area contributed by atoms with Gasteiger partial charge in [-0.05, 0) is 50.4 Å². The third-order valence-electron chi connectivity index (χ3n) is 4.22. The maximum absolute atomic E-state index is 12.1. The Hall–Kier alpha value is -2.58. The molecule has 0 spiro atoms. The number of ether oxygens (including phenoxy) is 2. The van der Waals surface area contributed by atoms with E-state index in [1.165, 1.54) is 0 Å². The number of methoxy groups -OCH3 is 1. The molecule has 1 heterocycles. The number of hydrogen-bond donors (Lipinski definition) is 3. The summed E-state index contributed by atoms with van der Waals surface area (Å²) in [6.45, 7) is 7.78. The van der Waals surface area contributed by atoms with Crippen molar-refractivity contribution >= 4 is 23.3 Å². The minimum absolute atomic E-state index is 0.0227. The molecule has 0 aliphatic heterocycles. The summed E-state index contributed by atoms with van der Waals surface area (Å²) in [6, 6.07) is 9.34. The molecule has 1 atom stereocenters. The second-order valence-electron chi connectivity index (χ2n) is 6.99. The summed E-state index contributed by atoms with van der Waals surface area (Å²) < 4.78 is 11.3. The lowest BCUT2D eigenvalue weighted by molar-refractivity contribution is -0.904. The van der Waals surface area contributed by atoms with Gasteiger partial charge in [0, 0.05) is 16.5 Å². The number of urea groups is 1. The zero-order valence-corrected chi connectivity index (χ0v) is 18.2. The second kappa shape index (κ2) is 11.4. The average Bonchev–Trinajstić information content (AvgIpc) is 3.19. The van der Waals surface area contributed by atoms with Crippen LogP contribution < -0.4 is 25.0 Å². The molecule has 3 N–H and O–H groups in total. The first-order chi connectivity index (χ1) is 13.9. The highest BCUT2D eigenvalue weighted by atomic mass is 32.1. The lowest BCUT2D eigenvalue weighted by atomic mass is 10.2. The summed E-state index contributed by atoms with van der Waals surface area (Å²) >= 11 is 1.65. The van der Waals surface area contributed by atoms with Crippen LogP contribution in [-0.2, 0) is 17.9 Å². The fraction of sp³-hybridized carbons (Fsp3) is 0.429. The molecule has 29 heavy (non-hydrogen) atoms. The zero-order chi connectivity index (χ0) is 21.2. The standard InChI is InChI=1S/C21H29N3O4S/c1-5-24(13-20(25)23-21(26)22-15(2)3)12-16-8-9-18(19(11-16)27-4)28-14-17-7-6-10-29-17/h6-11,15H,5,12-14H2,1-4H3,(H2,22,23,25,26)/p+1. The van der Waals surface area contributed by atoms with Crippen LogP contribution in [-0.4, -0.2) is 38.2 Å². The van der Waals surface area contributed by atoms with E-state index in [4.69, 9.17) is 9.47 Å². The maximum Gasteiger partial charge on any atom is 0.321 e. The van der Waals surface area contributed by atoms with Crippen molar-refractivity contribution in [3.05, 3.63) is 46.2 Å². The summed E-state index contributed by atoms with van der Waals surface area (Å²) in [5.74, 6) is 1.05. The summed E-state index contributed by atoms with van der Waals surface area (Å²) in [7, 11) is 1.61. The number of hydrogen-bond acceptors (Lipinski definition) is 5. The van der Waals surface area contributed by atoms with Crippen LogP contribution in [0.5, 0.6) is 11.5 Å². The fourth-order valence-electron chi connectivity index (χ4n) is 2.78. The Bertz CT molecular complexity index is 793. The fourth-order valence-corrected chi connectivity index (χ4v) is 3.40. The molecule has 8 heteroatoms. The molecule has 0 fully saturated rings.